The Balaban J connectivity index is 2.12. The fourth-order valence-corrected chi connectivity index (χ4v) is 3.44. The Hall–Kier alpha value is -0.770. The minimum absolute atomic E-state index is 0.197. The van der Waals surface area contributed by atoms with E-state index in [0.717, 1.165) is 45.2 Å². The van der Waals surface area contributed by atoms with E-state index in [1.807, 2.05) is 18.2 Å². The SMILES string of the molecule is CCCCC(c1ccc(Cl)c(Cl)c1)N1CCC(C(=O)O)CC1. The van der Waals surface area contributed by atoms with Crippen LogP contribution in [0.25, 0.3) is 0 Å². The molecule has 0 bridgehead atoms. The molecule has 0 radical (unpaired) electrons. The molecular weight excluding hydrogens is 321 g/mol. The van der Waals surface area contributed by atoms with Gasteiger partial charge in [0.15, 0.2) is 0 Å². The molecule has 0 spiro atoms. The summed E-state index contributed by atoms with van der Waals surface area (Å²) in [4.78, 5) is 13.5. The first kappa shape index (κ1) is 17.6. The van der Waals surface area contributed by atoms with Gasteiger partial charge in [-0.25, -0.2) is 0 Å². The van der Waals surface area contributed by atoms with Crippen LogP contribution in [0, 0.1) is 5.92 Å². The van der Waals surface area contributed by atoms with Crippen molar-refractivity contribution in [1.82, 2.24) is 4.90 Å². The van der Waals surface area contributed by atoms with Crippen molar-refractivity contribution in [2.45, 2.75) is 45.1 Å². The van der Waals surface area contributed by atoms with Gasteiger partial charge in [-0.15, -0.1) is 0 Å². The summed E-state index contributed by atoms with van der Waals surface area (Å²) in [5.41, 5.74) is 1.18. The van der Waals surface area contributed by atoms with Gasteiger partial charge >= 0.3 is 5.97 Å². The average Bonchev–Trinajstić information content (AvgIpc) is 2.51. The summed E-state index contributed by atoms with van der Waals surface area (Å²) in [5, 5.41) is 10.3. The number of likely N-dealkylation sites (tertiary alicyclic amines) is 1. The Morgan fingerprint density at radius 1 is 1.32 bits per heavy atom. The molecule has 122 valence electrons. The summed E-state index contributed by atoms with van der Waals surface area (Å²) >= 11 is 12.2. The second kappa shape index (κ2) is 8.19. The predicted octanol–water partition coefficient (Wildman–Crippen LogP) is 5.02. The van der Waals surface area contributed by atoms with Crippen LogP contribution in [0.4, 0.5) is 0 Å². The molecule has 1 aromatic carbocycles. The summed E-state index contributed by atoms with van der Waals surface area (Å²) in [6.45, 7) is 3.83. The zero-order chi connectivity index (χ0) is 16.1. The molecule has 1 N–H and O–H groups in total. The Bertz CT molecular complexity index is 513. The van der Waals surface area contributed by atoms with E-state index in [1.54, 1.807) is 0 Å². The highest BCUT2D eigenvalue weighted by Gasteiger charge is 2.29. The third kappa shape index (κ3) is 4.37. The highest BCUT2D eigenvalue weighted by atomic mass is 35.5. The molecule has 22 heavy (non-hydrogen) atoms. The van der Waals surface area contributed by atoms with Gasteiger partial charge in [-0.05, 0) is 50.0 Å². The Kier molecular flexibility index (Phi) is 6.54. The van der Waals surface area contributed by atoms with Crippen molar-refractivity contribution >= 4 is 29.2 Å². The maximum atomic E-state index is 11.1. The van der Waals surface area contributed by atoms with Crippen molar-refractivity contribution in [3.05, 3.63) is 33.8 Å². The largest absolute Gasteiger partial charge is 0.481 e. The summed E-state index contributed by atoms with van der Waals surface area (Å²) in [5.74, 6) is -0.865. The molecule has 3 nitrogen and oxygen atoms in total. The molecule has 1 aromatic rings. The normalized spacial score (nSPS) is 18.3. The minimum atomic E-state index is -0.667. The van der Waals surface area contributed by atoms with Gasteiger partial charge < -0.3 is 5.11 Å². The second-order valence-electron chi connectivity index (χ2n) is 5.98. The third-order valence-electron chi connectivity index (χ3n) is 4.48. The van der Waals surface area contributed by atoms with Crippen LogP contribution in [0.3, 0.4) is 0 Å². The van der Waals surface area contributed by atoms with Gasteiger partial charge in [0, 0.05) is 6.04 Å². The maximum absolute atomic E-state index is 11.1. The molecule has 1 heterocycles. The van der Waals surface area contributed by atoms with E-state index >= 15 is 0 Å². The number of carboxylic acids is 1. The molecule has 2 rings (SSSR count). The summed E-state index contributed by atoms with van der Waals surface area (Å²) in [6, 6.07) is 6.14. The zero-order valence-corrected chi connectivity index (χ0v) is 14.4. The molecular formula is C17H23Cl2NO2. The number of carbonyl (C=O) groups is 1. The van der Waals surface area contributed by atoms with Gasteiger partial charge in [0.2, 0.25) is 0 Å². The molecule has 1 aliphatic rings. The van der Waals surface area contributed by atoms with E-state index in [2.05, 4.69) is 11.8 Å². The molecule has 1 aliphatic heterocycles. The lowest BCUT2D eigenvalue weighted by Crippen LogP contribution is -2.38. The number of unbranched alkanes of at least 4 members (excludes halogenated alkanes) is 1. The van der Waals surface area contributed by atoms with Crippen LogP contribution in [-0.4, -0.2) is 29.1 Å². The molecule has 0 aliphatic carbocycles. The van der Waals surface area contributed by atoms with Crippen LogP contribution in [0.15, 0.2) is 18.2 Å². The number of hydrogen-bond acceptors (Lipinski definition) is 2. The number of carboxylic acid groups (broad SMARTS) is 1. The third-order valence-corrected chi connectivity index (χ3v) is 5.22. The van der Waals surface area contributed by atoms with Crippen LogP contribution in [-0.2, 0) is 4.79 Å². The lowest BCUT2D eigenvalue weighted by Gasteiger charge is -2.37. The topological polar surface area (TPSA) is 40.5 Å². The first-order valence-electron chi connectivity index (χ1n) is 7.94. The molecule has 1 saturated heterocycles. The van der Waals surface area contributed by atoms with Crippen LogP contribution in [0.2, 0.25) is 10.0 Å². The minimum Gasteiger partial charge on any atom is -0.481 e. The van der Waals surface area contributed by atoms with Crippen molar-refractivity contribution in [2.75, 3.05) is 13.1 Å². The van der Waals surface area contributed by atoms with E-state index in [-0.39, 0.29) is 5.92 Å². The monoisotopic (exact) mass is 343 g/mol. The van der Waals surface area contributed by atoms with E-state index in [0.29, 0.717) is 16.1 Å². The first-order chi connectivity index (χ1) is 10.5. The van der Waals surface area contributed by atoms with Crippen LogP contribution in [0.5, 0.6) is 0 Å². The number of aliphatic carboxylic acids is 1. The lowest BCUT2D eigenvalue weighted by atomic mass is 9.92. The summed E-state index contributed by atoms with van der Waals surface area (Å²) in [7, 11) is 0. The van der Waals surface area contributed by atoms with Gasteiger partial charge in [-0.1, -0.05) is 49.0 Å². The quantitative estimate of drug-likeness (QED) is 0.788. The van der Waals surface area contributed by atoms with E-state index in [9.17, 15) is 4.79 Å². The lowest BCUT2D eigenvalue weighted by molar-refractivity contribution is -0.143. The Morgan fingerprint density at radius 2 is 2.00 bits per heavy atom. The highest BCUT2D eigenvalue weighted by molar-refractivity contribution is 6.42. The molecule has 1 atom stereocenters. The van der Waals surface area contributed by atoms with E-state index < -0.39 is 5.97 Å². The molecule has 0 aromatic heterocycles. The highest BCUT2D eigenvalue weighted by Crippen LogP contribution is 2.33. The molecule has 0 amide bonds. The molecule has 5 heteroatoms. The van der Waals surface area contributed by atoms with Crippen LogP contribution in [0.1, 0.15) is 50.6 Å². The van der Waals surface area contributed by atoms with Crippen LogP contribution < -0.4 is 0 Å². The Labute approximate surface area is 142 Å². The van der Waals surface area contributed by atoms with Gasteiger partial charge in [0.1, 0.15) is 0 Å². The van der Waals surface area contributed by atoms with E-state index in [4.69, 9.17) is 28.3 Å². The van der Waals surface area contributed by atoms with Gasteiger partial charge in [0.25, 0.3) is 0 Å². The van der Waals surface area contributed by atoms with Crippen molar-refractivity contribution < 1.29 is 9.90 Å². The fourth-order valence-electron chi connectivity index (χ4n) is 3.14. The smallest absolute Gasteiger partial charge is 0.306 e. The summed E-state index contributed by atoms with van der Waals surface area (Å²) < 4.78 is 0. The first-order valence-corrected chi connectivity index (χ1v) is 8.70. The van der Waals surface area contributed by atoms with Crippen LogP contribution >= 0.6 is 23.2 Å². The number of nitrogens with zero attached hydrogens (tertiary/aromatic N) is 1. The van der Waals surface area contributed by atoms with Crippen molar-refractivity contribution in [3.8, 4) is 0 Å². The number of piperidine rings is 1. The standard InChI is InChI=1S/C17H23Cl2NO2/c1-2-3-4-16(13-5-6-14(18)15(19)11-13)20-9-7-12(8-10-20)17(21)22/h5-6,11-12,16H,2-4,7-10H2,1H3,(H,21,22). The fraction of sp³-hybridized carbons (Fsp3) is 0.588. The van der Waals surface area contributed by atoms with E-state index in [1.165, 1.54) is 5.56 Å². The van der Waals surface area contributed by atoms with Crippen molar-refractivity contribution in [3.63, 3.8) is 0 Å². The zero-order valence-electron chi connectivity index (χ0n) is 12.9. The molecule has 0 saturated carbocycles. The van der Waals surface area contributed by atoms with Crippen molar-refractivity contribution in [1.29, 1.82) is 0 Å². The number of rotatable bonds is 6. The van der Waals surface area contributed by atoms with Gasteiger partial charge in [-0.3, -0.25) is 9.69 Å². The number of hydrogen-bond donors (Lipinski definition) is 1. The number of benzene rings is 1. The van der Waals surface area contributed by atoms with Gasteiger partial charge in [0.05, 0.1) is 16.0 Å². The maximum Gasteiger partial charge on any atom is 0.306 e. The second-order valence-corrected chi connectivity index (χ2v) is 6.79. The molecule has 1 fully saturated rings. The summed E-state index contributed by atoms with van der Waals surface area (Å²) in [6.07, 6.45) is 4.79. The average molecular weight is 344 g/mol. The predicted molar refractivity (Wildman–Crippen MR) is 90.7 cm³/mol. The van der Waals surface area contributed by atoms with Crippen molar-refractivity contribution in [2.24, 2.45) is 5.92 Å². The molecule has 1 unspecified atom stereocenters. The Morgan fingerprint density at radius 3 is 2.55 bits per heavy atom. The number of halogens is 2. The van der Waals surface area contributed by atoms with Gasteiger partial charge in [-0.2, -0.15) is 0 Å².